The molecule has 1 fully saturated rings. The number of benzene rings is 2. The van der Waals surface area contributed by atoms with Crippen molar-refractivity contribution >= 4 is 23.5 Å². The Morgan fingerprint density at radius 2 is 1.64 bits per heavy atom. The molecule has 1 aliphatic carbocycles. The van der Waals surface area contributed by atoms with Gasteiger partial charge in [0.25, 0.3) is 5.91 Å². The van der Waals surface area contributed by atoms with Crippen molar-refractivity contribution in [2.75, 3.05) is 11.9 Å². The Morgan fingerprint density at radius 1 is 1.00 bits per heavy atom. The smallest absolute Gasteiger partial charge is 0.339 e. The minimum atomic E-state index is -0.797. The van der Waals surface area contributed by atoms with E-state index in [-0.39, 0.29) is 23.1 Å². The maximum absolute atomic E-state index is 13.0. The second-order valence-electron chi connectivity index (χ2n) is 8.95. The summed E-state index contributed by atoms with van der Waals surface area (Å²) < 4.78 is 24.0. The van der Waals surface area contributed by atoms with Crippen LogP contribution in [0.2, 0.25) is 0 Å². The second kappa shape index (κ2) is 11.1. The highest BCUT2D eigenvalue weighted by Gasteiger charge is 2.34. The van der Waals surface area contributed by atoms with Crippen LogP contribution in [0.5, 0.6) is 0 Å². The number of amides is 1. The lowest BCUT2D eigenvalue weighted by Gasteiger charge is -2.36. The average molecular weight is 456 g/mol. The number of carbonyl (C=O) groups excluding carboxylic acids is 3. The fourth-order valence-corrected chi connectivity index (χ4v) is 4.23. The van der Waals surface area contributed by atoms with Gasteiger partial charge in [-0.05, 0) is 67.0 Å². The van der Waals surface area contributed by atoms with Gasteiger partial charge in [0, 0.05) is 5.69 Å². The summed E-state index contributed by atoms with van der Waals surface area (Å²) in [5.41, 5.74) is 0.534. The summed E-state index contributed by atoms with van der Waals surface area (Å²) in [6.07, 6.45) is 2.71. The molecule has 0 bridgehead atoms. The fourth-order valence-electron chi connectivity index (χ4n) is 4.23. The van der Waals surface area contributed by atoms with Crippen molar-refractivity contribution in [3.63, 3.8) is 0 Å². The van der Waals surface area contributed by atoms with Gasteiger partial charge in [0.2, 0.25) is 0 Å². The maximum Gasteiger partial charge on any atom is 0.339 e. The molecule has 3 rings (SSSR count). The highest BCUT2D eigenvalue weighted by atomic mass is 19.1. The third kappa shape index (κ3) is 6.63. The quantitative estimate of drug-likeness (QED) is 0.578. The lowest BCUT2D eigenvalue weighted by atomic mass is 9.75. The van der Waals surface area contributed by atoms with E-state index in [1.54, 1.807) is 12.1 Å². The van der Waals surface area contributed by atoms with E-state index in [0.717, 1.165) is 19.3 Å². The van der Waals surface area contributed by atoms with Gasteiger partial charge < -0.3 is 14.8 Å². The molecule has 0 radical (unpaired) electrons. The van der Waals surface area contributed by atoms with Crippen LogP contribution in [0.4, 0.5) is 10.1 Å². The second-order valence-corrected chi connectivity index (χ2v) is 8.95. The molecule has 0 aromatic heterocycles. The van der Waals surface area contributed by atoms with Crippen LogP contribution in [-0.4, -0.2) is 30.6 Å². The van der Waals surface area contributed by atoms with Crippen LogP contribution < -0.4 is 5.32 Å². The van der Waals surface area contributed by atoms with Crippen molar-refractivity contribution in [1.29, 1.82) is 0 Å². The predicted octanol–water partition coefficient (Wildman–Crippen LogP) is 5.24. The van der Waals surface area contributed by atoms with Crippen LogP contribution in [0.1, 0.15) is 60.7 Å². The Morgan fingerprint density at radius 3 is 2.27 bits per heavy atom. The number of ether oxygens (including phenoxy) is 2. The van der Waals surface area contributed by atoms with Crippen LogP contribution in [0.25, 0.3) is 0 Å². The third-order valence-electron chi connectivity index (χ3n) is 6.05. The predicted molar refractivity (Wildman–Crippen MR) is 122 cm³/mol. The lowest BCUT2D eigenvalue weighted by molar-refractivity contribution is -0.119. The molecular weight excluding hydrogens is 425 g/mol. The summed E-state index contributed by atoms with van der Waals surface area (Å²) in [4.78, 5) is 37.7. The molecule has 176 valence electrons. The highest BCUT2D eigenvalue weighted by Crippen LogP contribution is 2.35. The van der Waals surface area contributed by atoms with E-state index in [1.807, 2.05) is 0 Å². The van der Waals surface area contributed by atoms with Gasteiger partial charge in [0.05, 0.1) is 11.1 Å². The van der Waals surface area contributed by atoms with Gasteiger partial charge in [-0.2, -0.15) is 0 Å². The molecule has 2 aromatic carbocycles. The fraction of sp³-hybridized carbons (Fsp3) is 0.423. The number of hydrogen-bond donors (Lipinski definition) is 1. The summed E-state index contributed by atoms with van der Waals surface area (Å²) in [5.74, 6) is -1.24. The molecule has 6 nitrogen and oxygen atoms in total. The first-order valence-electron chi connectivity index (χ1n) is 11.3. The van der Waals surface area contributed by atoms with Gasteiger partial charge in [-0.25, -0.2) is 14.0 Å². The molecular formula is C26H30FNO5. The zero-order chi connectivity index (χ0) is 24.0. The van der Waals surface area contributed by atoms with Crippen molar-refractivity contribution in [2.45, 2.75) is 46.1 Å². The average Bonchev–Trinajstić information content (AvgIpc) is 2.79. The standard InChI is InChI=1S/C26H30FNO5/c1-16(2)20-13-8-17(3)14-23(20)33-26(31)22-7-5-4-6-21(22)25(30)32-15-24(29)28-19-11-9-18(27)10-12-19/h4-7,9-12,16-17,20,23H,8,13-15H2,1-3H3,(H,28,29)/t17-,20+,23+/m1/s1. The van der Waals surface area contributed by atoms with E-state index in [4.69, 9.17) is 9.47 Å². The van der Waals surface area contributed by atoms with Crippen molar-refractivity contribution in [2.24, 2.45) is 17.8 Å². The Bertz CT molecular complexity index is 988. The van der Waals surface area contributed by atoms with E-state index in [2.05, 4.69) is 26.1 Å². The van der Waals surface area contributed by atoms with Gasteiger partial charge in [-0.1, -0.05) is 39.3 Å². The van der Waals surface area contributed by atoms with Crippen molar-refractivity contribution in [3.8, 4) is 0 Å². The van der Waals surface area contributed by atoms with Crippen molar-refractivity contribution in [3.05, 3.63) is 65.5 Å². The SMILES string of the molecule is CC(C)[C@@H]1CC[C@@H](C)C[C@@H]1OC(=O)c1ccccc1C(=O)OCC(=O)Nc1ccc(F)cc1. The van der Waals surface area contributed by atoms with Gasteiger partial charge in [-0.15, -0.1) is 0 Å². The molecule has 7 heteroatoms. The van der Waals surface area contributed by atoms with Gasteiger partial charge >= 0.3 is 11.9 Å². The zero-order valence-electron chi connectivity index (χ0n) is 19.2. The minimum Gasteiger partial charge on any atom is -0.458 e. The van der Waals surface area contributed by atoms with Crippen LogP contribution >= 0.6 is 0 Å². The molecule has 0 unspecified atom stereocenters. The van der Waals surface area contributed by atoms with E-state index in [0.29, 0.717) is 17.5 Å². The number of rotatable bonds is 7. The third-order valence-corrected chi connectivity index (χ3v) is 6.05. The van der Waals surface area contributed by atoms with Gasteiger partial charge in [0.15, 0.2) is 6.61 Å². The molecule has 1 saturated carbocycles. The number of nitrogens with one attached hydrogen (secondary N) is 1. The molecule has 0 spiro atoms. The molecule has 1 amide bonds. The molecule has 1 aliphatic rings. The highest BCUT2D eigenvalue weighted by molar-refractivity contribution is 6.04. The van der Waals surface area contributed by atoms with Crippen molar-refractivity contribution < 1.29 is 28.2 Å². The number of carbonyl (C=O) groups is 3. The molecule has 0 aliphatic heterocycles. The molecule has 1 N–H and O–H groups in total. The number of hydrogen-bond acceptors (Lipinski definition) is 5. The monoisotopic (exact) mass is 455 g/mol. The summed E-state index contributed by atoms with van der Waals surface area (Å²) >= 11 is 0. The maximum atomic E-state index is 13.0. The molecule has 2 aromatic rings. The topological polar surface area (TPSA) is 81.7 Å². The number of esters is 2. The van der Waals surface area contributed by atoms with E-state index in [9.17, 15) is 18.8 Å². The minimum absolute atomic E-state index is 0.0436. The van der Waals surface area contributed by atoms with Crippen LogP contribution in [0.15, 0.2) is 48.5 Å². The zero-order valence-corrected chi connectivity index (χ0v) is 19.2. The van der Waals surface area contributed by atoms with Gasteiger partial charge in [-0.3, -0.25) is 4.79 Å². The van der Waals surface area contributed by atoms with Gasteiger partial charge in [0.1, 0.15) is 11.9 Å². The Balaban J connectivity index is 1.63. The van der Waals surface area contributed by atoms with E-state index >= 15 is 0 Å². The summed E-state index contributed by atoms with van der Waals surface area (Å²) in [6.45, 7) is 5.86. The number of anilines is 1. The Labute approximate surface area is 193 Å². The number of halogens is 1. The summed E-state index contributed by atoms with van der Waals surface area (Å²) in [7, 11) is 0. The Kier molecular flexibility index (Phi) is 8.20. The van der Waals surface area contributed by atoms with E-state index in [1.165, 1.54) is 36.4 Å². The Hall–Kier alpha value is -3.22. The first-order chi connectivity index (χ1) is 15.7. The van der Waals surface area contributed by atoms with Crippen LogP contribution in [0.3, 0.4) is 0 Å². The molecule has 0 heterocycles. The first-order valence-corrected chi connectivity index (χ1v) is 11.3. The van der Waals surface area contributed by atoms with Crippen LogP contribution in [-0.2, 0) is 14.3 Å². The van der Waals surface area contributed by atoms with Crippen molar-refractivity contribution in [1.82, 2.24) is 0 Å². The molecule has 3 atom stereocenters. The normalized spacial score (nSPS) is 20.2. The molecule has 0 saturated heterocycles. The van der Waals surface area contributed by atoms with Crippen LogP contribution in [0, 0.1) is 23.6 Å². The lowest BCUT2D eigenvalue weighted by Crippen LogP contribution is -2.36. The summed E-state index contributed by atoms with van der Waals surface area (Å²) in [5, 5.41) is 2.51. The first kappa shape index (κ1) is 24.4. The van der Waals surface area contributed by atoms with E-state index < -0.39 is 30.3 Å². The largest absolute Gasteiger partial charge is 0.458 e. The summed E-state index contributed by atoms with van der Waals surface area (Å²) in [6, 6.07) is 11.5. The molecule has 33 heavy (non-hydrogen) atoms.